The number of aromatic nitrogens is 1. The summed E-state index contributed by atoms with van der Waals surface area (Å²) in [6.07, 6.45) is 8.16. The van der Waals surface area contributed by atoms with Crippen LogP contribution >= 0.6 is 11.6 Å². The van der Waals surface area contributed by atoms with Gasteiger partial charge < -0.3 is 10.2 Å². The summed E-state index contributed by atoms with van der Waals surface area (Å²) in [5.41, 5.74) is 1.10. The zero-order valence-corrected chi connectivity index (χ0v) is 13.6. The largest absolute Gasteiger partial charge is 0.345 e. The third kappa shape index (κ3) is 5.40. The molecule has 0 saturated carbocycles. The molecule has 0 fully saturated rings. The predicted octanol–water partition coefficient (Wildman–Crippen LogP) is 3.47. The zero-order chi connectivity index (χ0) is 15.2. The molecule has 0 aliphatic heterocycles. The van der Waals surface area contributed by atoms with E-state index >= 15 is 0 Å². The number of rotatable bonds is 6. The average molecular weight is 294 g/mol. The Labute approximate surface area is 127 Å². The van der Waals surface area contributed by atoms with Crippen molar-refractivity contribution in [3.05, 3.63) is 22.8 Å². The molecule has 0 aromatic carbocycles. The molecule has 0 atom stereocenters. The Kier molecular flexibility index (Phi) is 6.32. The number of anilines is 1. The molecule has 0 aliphatic rings. The number of halogens is 1. The van der Waals surface area contributed by atoms with Gasteiger partial charge in [-0.2, -0.15) is 0 Å². The summed E-state index contributed by atoms with van der Waals surface area (Å²) in [6.45, 7) is 10.7. The monoisotopic (exact) mass is 293 g/mol. The maximum atomic E-state index is 6.22. The van der Waals surface area contributed by atoms with Crippen molar-refractivity contribution in [3.8, 4) is 12.3 Å². The summed E-state index contributed by atoms with van der Waals surface area (Å²) < 4.78 is 0. The Morgan fingerprint density at radius 3 is 2.70 bits per heavy atom. The molecule has 4 heteroatoms. The highest BCUT2D eigenvalue weighted by Gasteiger charge is 2.12. The van der Waals surface area contributed by atoms with Gasteiger partial charge in [0.2, 0.25) is 0 Å². The Morgan fingerprint density at radius 2 is 2.15 bits per heavy atom. The molecule has 1 rings (SSSR count). The molecule has 1 N–H and O–H groups in total. The molecule has 0 aliphatic carbocycles. The average Bonchev–Trinajstić information content (AvgIpc) is 2.36. The Balaban J connectivity index is 2.91. The lowest BCUT2D eigenvalue weighted by atomic mass is 10.1. The van der Waals surface area contributed by atoms with E-state index in [0.717, 1.165) is 24.3 Å². The number of nitrogens with one attached hydrogen (secondary N) is 1. The molecular weight excluding hydrogens is 270 g/mol. The molecule has 1 aromatic heterocycles. The molecule has 1 heterocycles. The Morgan fingerprint density at radius 1 is 1.45 bits per heavy atom. The van der Waals surface area contributed by atoms with E-state index < -0.39 is 0 Å². The summed E-state index contributed by atoms with van der Waals surface area (Å²) in [5, 5.41) is 4.12. The first-order valence-corrected chi connectivity index (χ1v) is 7.33. The molecule has 0 spiro atoms. The minimum Gasteiger partial charge on any atom is -0.345 e. The molecular formula is C16H24ClN3. The van der Waals surface area contributed by atoms with Crippen LogP contribution in [0, 0.1) is 12.3 Å². The van der Waals surface area contributed by atoms with E-state index in [0.29, 0.717) is 18.1 Å². The molecule has 1 aromatic rings. The van der Waals surface area contributed by atoms with E-state index in [4.69, 9.17) is 18.0 Å². The highest BCUT2D eigenvalue weighted by atomic mass is 35.5. The van der Waals surface area contributed by atoms with Crippen LogP contribution < -0.4 is 10.2 Å². The number of pyridine rings is 1. The quantitative estimate of drug-likeness (QED) is 0.814. The second-order valence-corrected chi connectivity index (χ2v) is 6.27. The molecule has 0 radical (unpaired) electrons. The lowest BCUT2D eigenvalue weighted by Gasteiger charge is -2.23. The van der Waals surface area contributed by atoms with Crippen LogP contribution in [0.2, 0.25) is 5.02 Å². The highest BCUT2D eigenvalue weighted by Crippen LogP contribution is 2.21. The van der Waals surface area contributed by atoms with Gasteiger partial charge in [-0.3, -0.25) is 0 Å². The van der Waals surface area contributed by atoms with Gasteiger partial charge in [-0.25, -0.2) is 4.98 Å². The van der Waals surface area contributed by atoms with Gasteiger partial charge in [0.15, 0.2) is 0 Å². The summed E-state index contributed by atoms with van der Waals surface area (Å²) in [4.78, 5) is 6.49. The minimum absolute atomic E-state index is 0.0503. The molecule has 3 nitrogen and oxygen atoms in total. The van der Waals surface area contributed by atoms with Crippen molar-refractivity contribution in [2.75, 3.05) is 18.0 Å². The van der Waals surface area contributed by atoms with Crippen molar-refractivity contribution in [2.45, 2.75) is 46.2 Å². The van der Waals surface area contributed by atoms with Gasteiger partial charge in [-0.1, -0.05) is 24.4 Å². The first kappa shape index (κ1) is 16.8. The lowest BCUT2D eigenvalue weighted by Crippen LogP contribution is -2.35. The summed E-state index contributed by atoms with van der Waals surface area (Å²) in [7, 11) is 0. The van der Waals surface area contributed by atoms with Crippen LogP contribution in [0.15, 0.2) is 12.3 Å². The topological polar surface area (TPSA) is 28.2 Å². The summed E-state index contributed by atoms with van der Waals surface area (Å²) in [6, 6.07) is 2.02. The fourth-order valence-electron chi connectivity index (χ4n) is 1.79. The molecule has 20 heavy (non-hydrogen) atoms. The number of terminal acetylenes is 1. The van der Waals surface area contributed by atoms with Crippen molar-refractivity contribution in [1.82, 2.24) is 10.3 Å². The molecule has 0 amide bonds. The van der Waals surface area contributed by atoms with Gasteiger partial charge in [0.05, 0.1) is 11.6 Å². The van der Waals surface area contributed by atoms with Crippen molar-refractivity contribution >= 4 is 17.4 Å². The van der Waals surface area contributed by atoms with E-state index in [1.807, 2.05) is 6.07 Å². The minimum atomic E-state index is 0.0503. The van der Waals surface area contributed by atoms with Gasteiger partial charge in [0, 0.05) is 24.8 Å². The third-order valence-corrected chi connectivity index (χ3v) is 3.17. The van der Waals surface area contributed by atoms with Crippen LogP contribution in [0.1, 0.15) is 39.7 Å². The fraction of sp³-hybridized carbons (Fsp3) is 0.562. The Hall–Kier alpha value is -1.24. The van der Waals surface area contributed by atoms with Crippen LogP contribution in [0.3, 0.4) is 0 Å². The number of hydrogen-bond acceptors (Lipinski definition) is 3. The molecule has 0 saturated heterocycles. The summed E-state index contributed by atoms with van der Waals surface area (Å²) in [5.74, 6) is 3.57. The lowest BCUT2D eigenvalue weighted by molar-refractivity contribution is 0.424. The maximum absolute atomic E-state index is 6.22. The number of hydrogen-bond donors (Lipinski definition) is 1. The van der Waals surface area contributed by atoms with Gasteiger partial charge in [0.1, 0.15) is 5.82 Å². The Bertz CT molecular complexity index is 472. The first-order valence-electron chi connectivity index (χ1n) is 6.95. The smallest absolute Gasteiger partial charge is 0.129 e. The van der Waals surface area contributed by atoms with E-state index in [2.05, 4.69) is 48.8 Å². The van der Waals surface area contributed by atoms with Crippen LogP contribution in [-0.2, 0) is 6.54 Å². The standard InChI is InChI=1S/C16H24ClN3/c1-6-8-20(9-7-2)15-10-13(14(17)12-18-15)11-19-16(3,4)5/h1,10,12,19H,7-9,11H2,2-5H3. The second-order valence-electron chi connectivity index (χ2n) is 5.86. The number of nitrogens with zero attached hydrogens (tertiary/aromatic N) is 2. The molecule has 0 bridgehead atoms. The first-order chi connectivity index (χ1) is 9.37. The highest BCUT2D eigenvalue weighted by molar-refractivity contribution is 6.31. The normalized spacial score (nSPS) is 11.2. The molecule has 110 valence electrons. The van der Waals surface area contributed by atoms with Crippen LogP contribution in [0.25, 0.3) is 0 Å². The van der Waals surface area contributed by atoms with Gasteiger partial charge in [0.25, 0.3) is 0 Å². The van der Waals surface area contributed by atoms with Gasteiger partial charge >= 0.3 is 0 Å². The van der Waals surface area contributed by atoms with Gasteiger partial charge in [-0.05, 0) is 38.8 Å². The second kappa shape index (κ2) is 7.52. The zero-order valence-electron chi connectivity index (χ0n) is 12.8. The fourth-order valence-corrected chi connectivity index (χ4v) is 1.96. The SMILES string of the molecule is C#CCN(CCC)c1cc(CNC(C)(C)C)c(Cl)cn1. The van der Waals surface area contributed by atoms with Crippen LogP contribution in [0.5, 0.6) is 0 Å². The van der Waals surface area contributed by atoms with E-state index in [-0.39, 0.29) is 5.54 Å². The third-order valence-electron chi connectivity index (χ3n) is 2.83. The van der Waals surface area contributed by atoms with Crippen molar-refractivity contribution < 1.29 is 0 Å². The van der Waals surface area contributed by atoms with E-state index in [9.17, 15) is 0 Å². The van der Waals surface area contributed by atoms with Crippen molar-refractivity contribution in [1.29, 1.82) is 0 Å². The molecule has 0 unspecified atom stereocenters. The summed E-state index contributed by atoms with van der Waals surface area (Å²) >= 11 is 6.22. The van der Waals surface area contributed by atoms with E-state index in [1.165, 1.54) is 0 Å². The van der Waals surface area contributed by atoms with Crippen LogP contribution in [-0.4, -0.2) is 23.6 Å². The van der Waals surface area contributed by atoms with E-state index in [1.54, 1.807) is 6.20 Å². The van der Waals surface area contributed by atoms with Crippen molar-refractivity contribution in [3.63, 3.8) is 0 Å². The van der Waals surface area contributed by atoms with Gasteiger partial charge in [-0.15, -0.1) is 6.42 Å². The predicted molar refractivity (Wildman–Crippen MR) is 87.2 cm³/mol. The van der Waals surface area contributed by atoms with Crippen LogP contribution in [0.4, 0.5) is 5.82 Å². The van der Waals surface area contributed by atoms with Crippen molar-refractivity contribution in [2.24, 2.45) is 0 Å². The maximum Gasteiger partial charge on any atom is 0.129 e.